The zero-order valence-corrected chi connectivity index (χ0v) is 10.7. The minimum atomic E-state index is 0.441. The molecule has 0 aromatic heterocycles. The highest BCUT2D eigenvalue weighted by molar-refractivity contribution is 5.82. The summed E-state index contributed by atoms with van der Waals surface area (Å²) in [6, 6.07) is 0. The van der Waals surface area contributed by atoms with E-state index >= 15 is 0 Å². The summed E-state index contributed by atoms with van der Waals surface area (Å²) in [7, 11) is 0. The summed E-state index contributed by atoms with van der Waals surface area (Å²) in [5, 5.41) is 0. The van der Waals surface area contributed by atoms with Gasteiger partial charge in [-0.15, -0.1) is 0 Å². The first-order valence-corrected chi connectivity index (χ1v) is 7.34. The Morgan fingerprint density at radius 1 is 1.06 bits per heavy atom. The second-order valence-electron chi connectivity index (χ2n) is 5.87. The number of Topliss-reactive ketones (excluding diaryl/α,β-unsaturated/α-hetero) is 1. The molecular weight excluding hydrogens is 196 g/mol. The highest BCUT2D eigenvalue weighted by atomic mass is 16.1. The molecule has 0 aromatic rings. The Balaban J connectivity index is 1.96. The summed E-state index contributed by atoms with van der Waals surface area (Å²) in [6.45, 7) is 2.28. The van der Waals surface area contributed by atoms with Gasteiger partial charge in [0.1, 0.15) is 5.78 Å². The van der Waals surface area contributed by atoms with Gasteiger partial charge in [0.15, 0.2) is 0 Å². The fourth-order valence-electron chi connectivity index (χ4n) is 3.68. The van der Waals surface area contributed by atoms with Gasteiger partial charge in [-0.1, -0.05) is 39.0 Å². The van der Waals surface area contributed by atoms with Crippen molar-refractivity contribution in [2.75, 3.05) is 0 Å². The molecule has 1 nitrogen and oxygen atoms in total. The van der Waals surface area contributed by atoms with Gasteiger partial charge in [-0.3, -0.25) is 4.79 Å². The molecule has 0 aromatic carbocycles. The SMILES string of the molecule is CCC1CCC(=O)C(C2CCCCCC2)C1. The molecule has 92 valence electrons. The van der Waals surface area contributed by atoms with E-state index in [9.17, 15) is 4.79 Å². The van der Waals surface area contributed by atoms with Gasteiger partial charge in [-0.2, -0.15) is 0 Å². The topological polar surface area (TPSA) is 17.1 Å². The minimum Gasteiger partial charge on any atom is -0.299 e. The van der Waals surface area contributed by atoms with Gasteiger partial charge in [-0.05, 0) is 37.5 Å². The van der Waals surface area contributed by atoms with Crippen LogP contribution >= 0.6 is 0 Å². The van der Waals surface area contributed by atoms with Crippen molar-refractivity contribution in [3.05, 3.63) is 0 Å². The molecule has 0 bridgehead atoms. The molecule has 1 heteroatoms. The van der Waals surface area contributed by atoms with Crippen LogP contribution in [0.4, 0.5) is 0 Å². The average molecular weight is 222 g/mol. The highest BCUT2D eigenvalue weighted by Gasteiger charge is 2.33. The van der Waals surface area contributed by atoms with Crippen LogP contribution in [0.25, 0.3) is 0 Å². The summed E-state index contributed by atoms with van der Waals surface area (Å²) < 4.78 is 0. The summed E-state index contributed by atoms with van der Waals surface area (Å²) in [4.78, 5) is 12.1. The molecular formula is C15H26O. The van der Waals surface area contributed by atoms with Crippen molar-refractivity contribution >= 4 is 5.78 Å². The van der Waals surface area contributed by atoms with Gasteiger partial charge < -0.3 is 0 Å². The van der Waals surface area contributed by atoms with E-state index in [4.69, 9.17) is 0 Å². The van der Waals surface area contributed by atoms with E-state index in [0.717, 1.165) is 18.3 Å². The molecule has 0 radical (unpaired) electrons. The first kappa shape index (κ1) is 12.1. The van der Waals surface area contributed by atoms with Crippen LogP contribution in [-0.2, 0) is 4.79 Å². The van der Waals surface area contributed by atoms with Crippen LogP contribution in [0.1, 0.15) is 71.1 Å². The number of hydrogen-bond acceptors (Lipinski definition) is 1. The molecule has 0 amide bonds. The molecule has 0 spiro atoms. The third-order valence-electron chi connectivity index (χ3n) is 4.85. The van der Waals surface area contributed by atoms with Gasteiger partial charge in [0.2, 0.25) is 0 Å². The third kappa shape index (κ3) is 2.87. The van der Waals surface area contributed by atoms with E-state index < -0.39 is 0 Å². The van der Waals surface area contributed by atoms with Crippen LogP contribution in [0.3, 0.4) is 0 Å². The lowest BCUT2D eigenvalue weighted by molar-refractivity contribution is -0.127. The lowest BCUT2D eigenvalue weighted by Gasteiger charge is -2.32. The Morgan fingerprint density at radius 3 is 2.38 bits per heavy atom. The molecule has 0 heterocycles. The zero-order valence-electron chi connectivity index (χ0n) is 10.7. The Hall–Kier alpha value is -0.330. The van der Waals surface area contributed by atoms with Crippen molar-refractivity contribution in [1.29, 1.82) is 0 Å². The Bertz CT molecular complexity index is 226. The van der Waals surface area contributed by atoms with E-state index in [1.807, 2.05) is 0 Å². The highest BCUT2D eigenvalue weighted by Crippen LogP contribution is 2.38. The largest absolute Gasteiger partial charge is 0.299 e. The molecule has 2 atom stereocenters. The summed E-state index contributed by atoms with van der Waals surface area (Å²) in [5.41, 5.74) is 0. The van der Waals surface area contributed by atoms with E-state index in [1.165, 1.54) is 57.8 Å². The second-order valence-corrected chi connectivity index (χ2v) is 5.87. The predicted molar refractivity (Wildman–Crippen MR) is 67.3 cm³/mol. The van der Waals surface area contributed by atoms with Crippen LogP contribution in [0, 0.1) is 17.8 Å². The van der Waals surface area contributed by atoms with E-state index in [-0.39, 0.29) is 0 Å². The number of hydrogen-bond donors (Lipinski definition) is 0. The maximum absolute atomic E-state index is 12.1. The predicted octanol–water partition coefficient (Wildman–Crippen LogP) is 4.35. The third-order valence-corrected chi connectivity index (χ3v) is 4.85. The molecule has 0 N–H and O–H groups in total. The lowest BCUT2D eigenvalue weighted by atomic mass is 9.71. The van der Waals surface area contributed by atoms with Crippen molar-refractivity contribution in [1.82, 2.24) is 0 Å². The maximum atomic E-state index is 12.1. The van der Waals surface area contributed by atoms with Crippen molar-refractivity contribution < 1.29 is 4.79 Å². The van der Waals surface area contributed by atoms with E-state index in [1.54, 1.807) is 0 Å². The fraction of sp³-hybridized carbons (Fsp3) is 0.933. The summed E-state index contributed by atoms with van der Waals surface area (Å²) in [6.07, 6.45) is 12.7. The lowest BCUT2D eigenvalue weighted by Crippen LogP contribution is -2.30. The summed E-state index contributed by atoms with van der Waals surface area (Å²) >= 11 is 0. The normalized spacial score (nSPS) is 33.7. The molecule has 16 heavy (non-hydrogen) atoms. The van der Waals surface area contributed by atoms with Crippen LogP contribution < -0.4 is 0 Å². The Morgan fingerprint density at radius 2 is 1.75 bits per heavy atom. The van der Waals surface area contributed by atoms with Gasteiger partial charge in [-0.25, -0.2) is 0 Å². The number of ketones is 1. The molecule has 2 fully saturated rings. The first-order valence-electron chi connectivity index (χ1n) is 7.34. The molecule has 2 unspecified atom stereocenters. The van der Waals surface area contributed by atoms with Crippen LogP contribution in [0.2, 0.25) is 0 Å². The van der Waals surface area contributed by atoms with E-state index in [0.29, 0.717) is 11.7 Å². The Labute approximate surface area is 100.0 Å². The van der Waals surface area contributed by atoms with Crippen LogP contribution in [0.15, 0.2) is 0 Å². The number of carbonyl (C=O) groups is 1. The van der Waals surface area contributed by atoms with Gasteiger partial charge in [0.25, 0.3) is 0 Å². The van der Waals surface area contributed by atoms with Crippen molar-refractivity contribution in [2.24, 2.45) is 17.8 Å². The second kappa shape index (κ2) is 5.84. The van der Waals surface area contributed by atoms with Gasteiger partial charge in [0.05, 0.1) is 0 Å². The van der Waals surface area contributed by atoms with Crippen molar-refractivity contribution in [3.63, 3.8) is 0 Å². The fourth-order valence-corrected chi connectivity index (χ4v) is 3.68. The zero-order chi connectivity index (χ0) is 11.4. The van der Waals surface area contributed by atoms with Gasteiger partial charge >= 0.3 is 0 Å². The Kier molecular flexibility index (Phi) is 4.43. The molecule has 0 aliphatic heterocycles. The van der Waals surface area contributed by atoms with E-state index in [2.05, 4.69) is 6.92 Å². The first-order chi connectivity index (χ1) is 7.81. The average Bonchev–Trinajstić information content (AvgIpc) is 2.58. The quantitative estimate of drug-likeness (QED) is 0.635. The number of rotatable bonds is 2. The molecule has 2 aliphatic carbocycles. The monoisotopic (exact) mass is 222 g/mol. The molecule has 2 aliphatic rings. The number of carbonyl (C=O) groups excluding carboxylic acids is 1. The molecule has 0 saturated heterocycles. The summed E-state index contributed by atoms with van der Waals surface area (Å²) in [5.74, 6) is 2.61. The standard InChI is InChI=1S/C15H26O/c1-2-12-9-10-15(16)14(11-12)13-7-5-3-4-6-8-13/h12-14H,2-11H2,1H3. The maximum Gasteiger partial charge on any atom is 0.136 e. The molecule has 2 saturated carbocycles. The van der Waals surface area contributed by atoms with Crippen LogP contribution in [0.5, 0.6) is 0 Å². The van der Waals surface area contributed by atoms with Gasteiger partial charge in [0, 0.05) is 12.3 Å². The van der Waals surface area contributed by atoms with Crippen molar-refractivity contribution in [3.8, 4) is 0 Å². The van der Waals surface area contributed by atoms with Crippen LogP contribution in [-0.4, -0.2) is 5.78 Å². The van der Waals surface area contributed by atoms with Crippen molar-refractivity contribution in [2.45, 2.75) is 71.1 Å². The minimum absolute atomic E-state index is 0.441. The smallest absolute Gasteiger partial charge is 0.136 e. The molecule has 2 rings (SSSR count).